The molecule has 2 heterocycles. The lowest BCUT2D eigenvalue weighted by molar-refractivity contribution is -0.150. The summed E-state index contributed by atoms with van der Waals surface area (Å²) in [6, 6.07) is 10.4. The van der Waals surface area contributed by atoms with Crippen LogP contribution in [0.25, 0.3) is 22.3 Å². The van der Waals surface area contributed by atoms with E-state index in [0.717, 1.165) is 48.3 Å². The normalized spacial score (nSPS) is 15.6. The summed E-state index contributed by atoms with van der Waals surface area (Å²) in [6.07, 6.45) is 0.379. The number of hydrogen-bond donors (Lipinski definition) is 2. The minimum atomic E-state index is -4.34. The monoisotopic (exact) mass is 413 g/mol. The zero-order chi connectivity index (χ0) is 21.5. The Labute approximate surface area is 172 Å². The molecule has 1 saturated carbocycles. The number of benzene rings is 1. The molecule has 1 fully saturated rings. The van der Waals surface area contributed by atoms with Crippen LogP contribution < -0.4 is 10.9 Å². The van der Waals surface area contributed by atoms with Crippen molar-refractivity contribution in [3.05, 3.63) is 47.7 Å². The minimum Gasteiger partial charge on any atom is -0.335 e. The van der Waals surface area contributed by atoms with E-state index in [1.807, 2.05) is 19.1 Å². The molecule has 2 aromatic heterocycles. The van der Waals surface area contributed by atoms with Gasteiger partial charge in [-0.2, -0.15) is 18.4 Å². The van der Waals surface area contributed by atoms with Crippen molar-refractivity contribution in [1.82, 2.24) is 15.0 Å². The topological polar surface area (TPSA) is 65.7 Å². The van der Waals surface area contributed by atoms with Crippen molar-refractivity contribution in [2.24, 2.45) is 0 Å². The molecule has 4 rings (SSSR count). The van der Waals surface area contributed by atoms with E-state index >= 15 is 0 Å². The van der Waals surface area contributed by atoms with Gasteiger partial charge in [-0.1, -0.05) is 12.1 Å². The van der Waals surface area contributed by atoms with Crippen molar-refractivity contribution < 1.29 is 13.2 Å². The van der Waals surface area contributed by atoms with Crippen LogP contribution in [-0.4, -0.2) is 21.8 Å². The smallest absolute Gasteiger partial charge is 0.335 e. The number of aromatic nitrogens is 2. The van der Waals surface area contributed by atoms with Gasteiger partial charge in [-0.25, -0.2) is 5.43 Å². The van der Waals surface area contributed by atoms with Crippen molar-refractivity contribution >= 4 is 16.6 Å². The summed E-state index contributed by atoms with van der Waals surface area (Å²) in [7, 11) is 0. The van der Waals surface area contributed by atoms with Gasteiger partial charge in [0.25, 0.3) is 0 Å². The Hall–Kier alpha value is -3.05. The number of fused-ring (bicyclic) bond motifs is 1. The van der Waals surface area contributed by atoms with Gasteiger partial charge in [0.15, 0.2) is 0 Å². The maximum absolute atomic E-state index is 12.7. The summed E-state index contributed by atoms with van der Waals surface area (Å²) < 4.78 is 40.2. The molecule has 3 aromatic rings. The second kappa shape index (κ2) is 7.65. The molecule has 0 aliphatic heterocycles. The van der Waals surface area contributed by atoms with Gasteiger partial charge in [-0.15, -0.1) is 0 Å². The van der Waals surface area contributed by atoms with Crippen molar-refractivity contribution in [2.45, 2.75) is 51.4 Å². The summed E-state index contributed by atoms with van der Waals surface area (Å²) in [4.78, 5) is 4.46. The fourth-order valence-corrected chi connectivity index (χ4v) is 3.69. The van der Waals surface area contributed by atoms with Gasteiger partial charge in [-0.05, 0) is 56.9 Å². The summed E-state index contributed by atoms with van der Waals surface area (Å²) in [5.41, 5.74) is 9.30. The number of aryl methyl sites for hydroxylation is 1. The molecule has 2 N–H and O–H groups in total. The number of halogens is 3. The molecule has 1 aliphatic rings. The van der Waals surface area contributed by atoms with E-state index in [1.165, 1.54) is 6.20 Å². The molecule has 5 nitrogen and oxygen atoms in total. The predicted molar refractivity (Wildman–Crippen MR) is 110 cm³/mol. The summed E-state index contributed by atoms with van der Waals surface area (Å²) in [6.45, 7) is 3.06. The van der Waals surface area contributed by atoms with E-state index in [0.29, 0.717) is 23.0 Å². The molecule has 8 heteroatoms. The van der Waals surface area contributed by atoms with E-state index in [2.05, 4.69) is 32.5 Å². The van der Waals surface area contributed by atoms with Crippen molar-refractivity contribution in [2.75, 3.05) is 5.43 Å². The number of anilines is 1. The number of nitrogens with zero attached hydrogens (tertiary/aromatic N) is 3. The first-order valence-corrected chi connectivity index (χ1v) is 9.89. The summed E-state index contributed by atoms with van der Waals surface area (Å²) >= 11 is 0. The van der Waals surface area contributed by atoms with Crippen LogP contribution in [-0.2, 0) is 0 Å². The number of hydrogen-bond acceptors (Lipinski definition) is 4. The van der Waals surface area contributed by atoms with E-state index in [-0.39, 0.29) is 0 Å². The first-order valence-electron chi connectivity index (χ1n) is 9.89. The number of pyridine rings is 1. The lowest BCUT2D eigenvalue weighted by atomic mass is 9.92. The molecule has 0 spiro atoms. The molecule has 30 heavy (non-hydrogen) atoms. The van der Waals surface area contributed by atoms with Gasteiger partial charge in [0.05, 0.1) is 34.4 Å². The molecule has 156 valence electrons. The lowest BCUT2D eigenvalue weighted by Crippen LogP contribution is -2.42. The highest BCUT2D eigenvalue weighted by molar-refractivity contribution is 5.94. The Bertz CT molecular complexity index is 1100. The van der Waals surface area contributed by atoms with Gasteiger partial charge in [0.2, 0.25) is 0 Å². The van der Waals surface area contributed by atoms with Crippen LogP contribution in [0, 0.1) is 18.3 Å². The largest absolute Gasteiger partial charge is 0.405 e. The molecule has 0 unspecified atom stereocenters. The molecule has 1 aromatic carbocycles. The van der Waals surface area contributed by atoms with Crippen LogP contribution in [0.2, 0.25) is 0 Å². The fraction of sp³-hybridized carbons (Fsp3) is 0.364. The predicted octanol–water partition coefficient (Wildman–Crippen LogP) is 5.48. The zero-order valence-corrected chi connectivity index (χ0v) is 16.7. The van der Waals surface area contributed by atoms with E-state index in [1.54, 1.807) is 12.1 Å². The average molecular weight is 413 g/mol. The summed E-state index contributed by atoms with van der Waals surface area (Å²) in [5.74, 6) is 0. The second-order valence-corrected chi connectivity index (χ2v) is 7.78. The van der Waals surface area contributed by atoms with Crippen LogP contribution in [0.5, 0.6) is 0 Å². The van der Waals surface area contributed by atoms with E-state index in [4.69, 9.17) is 0 Å². The van der Waals surface area contributed by atoms with Gasteiger partial charge in [0.1, 0.15) is 12.1 Å². The third-order valence-electron chi connectivity index (χ3n) is 5.64. The number of hydrazine groups is 1. The Morgan fingerprint density at radius 3 is 2.57 bits per heavy atom. The highest BCUT2D eigenvalue weighted by atomic mass is 19.4. The Balaban J connectivity index is 1.72. The number of nitriles is 1. The van der Waals surface area contributed by atoms with Crippen LogP contribution in [0.15, 0.2) is 36.5 Å². The van der Waals surface area contributed by atoms with Crippen molar-refractivity contribution in [3.8, 4) is 17.5 Å². The standard InChI is InChI=1S/C22H22F3N5/c1-13-6-8-17-18(11-26)21(30(20(17)10-13)16-4-3-5-16)19-9-7-15(12-27-19)29-28-14(2)22(23,24)25/h6-10,12,14,16,28-29H,3-5H2,1-2H3/t14-/m1/s1. The van der Waals surface area contributed by atoms with Crippen LogP contribution >= 0.6 is 0 Å². The van der Waals surface area contributed by atoms with E-state index in [9.17, 15) is 18.4 Å². The van der Waals surface area contributed by atoms with Gasteiger partial charge in [-0.3, -0.25) is 4.98 Å². The third-order valence-corrected chi connectivity index (χ3v) is 5.64. The summed E-state index contributed by atoms with van der Waals surface area (Å²) in [5, 5.41) is 10.8. The number of rotatable bonds is 5. The highest BCUT2D eigenvalue weighted by Crippen LogP contribution is 2.42. The molecule has 1 aliphatic carbocycles. The van der Waals surface area contributed by atoms with Gasteiger partial charge < -0.3 is 9.99 Å². The third kappa shape index (κ3) is 3.61. The average Bonchev–Trinajstić information content (AvgIpc) is 2.97. The molecule has 1 atom stereocenters. The second-order valence-electron chi connectivity index (χ2n) is 7.78. The lowest BCUT2D eigenvalue weighted by Gasteiger charge is -2.30. The van der Waals surface area contributed by atoms with Crippen LogP contribution in [0.1, 0.15) is 43.4 Å². The molecular formula is C22H22F3N5. The fourth-order valence-electron chi connectivity index (χ4n) is 3.69. The van der Waals surface area contributed by atoms with Gasteiger partial charge in [0, 0.05) is 11.4 Å². The first-order chi connectivity index (χ1) is 14.3. The molecule has 0 saturated heterocycles. The zero-order valence-electron chi connectivity index (χ0n) is 16.7. The number of alkyl halides is 3. The molecule has 0 amide bonds. The molecular weight excluding hydrogens is 391 g/mol. The van der Waals surface area contributed by atoms with Crippen molar-refractivity contribution in [1.29, 1.82) is 5.26 Å². The Morgan fingerprint density at radius 1 is 1.23 bits per heavy atom. The first kappa shape index (κ1) is 20.2. The quantitative estimate of drug-likeness (QED) is 0.544. The molecule has 0 bridgehead atoms. The van der Waals surface area contributed by atoms with Crippen LogP contribution in [0.3, 0.4) is 0 Å². The van der Waals surface area contributed by atoms with Gasteiger partial charge >= 0.3 is 6.18 Å². The number of nitrogens with one attached hydrogen (secondary N) is 2. The van der Waals surface area contributed by atoms with E-state index < -0.39 is 12.2 Å². The highest BCUT2D eigenvalue weighted by Gasteiger charge is 2.35. The Kier molecular flexibility index (Phi) is 5.16. The maximum atomic E-state index is 12.7. The van der Waals surface area contributed by atoms with Crippen LogP contribution in [0.4, 0.5) is 18.9 Å². The maximum Gasteiger partial charge on any atom is 0.405 e. The molecule has 0 radical (unpaired) electrons. The minimum absolute atomic E-state index is 0.320. The van der Waals surface area contributed by atoms with Crippen molar-refractivity contribution in [3.63, 3.8) is 0 Å². The Morgan fingerprint density at radius 2 is 2.00 bits per heavy atom. The SMILES string of the molecule is Cc1ccc2c(C#N)c(-c3ccc(NN[C@H](C)C(F)(F)F)cn3)n(C3CCC3)c2c1.